The number of ether oxygens (including phenoxy) is 1. The number of halogens is 1. The first-order valence-electron chi connectivity index (χ1n) is 7.63. The third-order valence-electron chi connectivity index (χ3n) is 3.49. The van der Waals surface area contributed by atoms with E-state index < -0.39 is 16.6 Å². The first-order valence-corrected chi connectivity index (χ1v) is 8.00. The molecule has 1 aromatic heterocycles. The van der Waals surface area contributed by atoms with Crippen LogP contribution in [-0.4, -0.2) is 40.7 Å². The van der Waals surface area contributed by atoms with Gasteiger partial charge < -0.3 is 15.0 Å². The Balaban J connectivity index is 2.11. The number of nitrogens with zero attached hydrogens (tertiary/aromatic N) is 3. The van der Waals surface area contributed by atoms with Gasteiger partial charge in [0.2, 0.25) is 5.15 Å². The minimum atomic E-state index is -0.573. The lowest BCUT2D eigenvalue weighted by Gasteiger charge is -2.22. The number of aryl methyl sites for hydroxylation is 1. The van der Waals surface area contributed by atoms with E-state index in [1.165, 1.54) is 0 Å². The number of hydrogen-bond donors (Lipinski definition) is 1. The summed E-state index contributed by atoms with van der Waals surface area (Å²) >= 11 is 5.93. The number of alkyl carbamates (subject to hydrolysis) is 1. The van der Waals surface area contributed by atoms with E-state index in [0.29, 0.717) is 30.9 Å². The maximum atomic E-state index is 11.9. The first kappa shape index (κ1) is 18.3. The van der Waals surface area contributed by atoms with Crippen LogP contribution in [0.2, 0.25) is 5.15 Å². The van der Waals surface area contributed by atoms with Crippen molar-refractivity contribution in [2.24, 2.45) is 0 Å². The molecular weight excluding hydrogens is 336 g/mol. The number of nitrogens with one attached hydrogen (secondary N) is 1. The van der Waals surface area contributed by atoms with E-state index in [1.54, 1.807) is 33.8 Å². The molecule has 0 saturated carbocycles. The molecule has 1 amide bonds. The van der Waals surface area contributed by atoms with Gasteiger partial charge >= 0.3 is 11.8 Å². The van der Waals surface area contributed by atoms with Crippen LogP contribution >= 0.6 is 11.6 Å². The molecule has 0 radical (unpaired) electrons. The van der Waals surface area contributed by atoms with Gasteiger partial charge in [-0.2, -0.15) is 0 Å². The zero-order valence-electron chi connectivity index (χ0n) is 14.1. The molecule has 1 saturated heterocycles. The molecule has 8 nitrogen and oxygen atoms in total. The van der Waals surface area contributed by atoms with Gasteiger partial charge in [-0.3, -0.25) is 10.1 Å². The van der Waals surface area contributed by atoms with Crippen molar-refractivity contribution in [3.63, 3.8) is 0 Å². The Morgan fingerprint density at radius 2 is 2.21 bits per heavy atom. The van der Waals surface area contributed by atoms with Gasteiger partial charge in [0, 0.05) is 18.8 Å². The fourth-order valence-corrected chi connectivity index (χ4v) is 2.89. The highest BCUT2D eigenvalue weighted by Crippen LogP contribution is 2.36. The van der Waals surface area contributed by atoms with Gasteiger partial charge in [-0.1, -0.05) is 11.6 Å². The minimum Gasteiger partial charge on any atom is -0.444 e. The summed E-state index contributed by atoms with van der Waals surface area (Å²) in [6.07, 6.45) is 0.169. The van der Waals surface area contributed by atoms with Gasteiger partial charge in [-0.05, 0) is 40.2 Å². The summed E-state index contributed by atoms with van der Waals surface area (Å²) < 4.78 is 5.23. The highest BCUT2D eigenvalue weighted by atomic mass is 35.5. The van der Waals surface area contributed by atoms with Gasteiger partial charge in [0.25, 0.3) is 0 Å². The lowest BCUT2D eigenvalue weighted by atomic mass is 10.2. The van der Waals surface area contributed by atoms with E-state index in [1.807, 2.05) is 4.90 Å². The molecule has 1 aliphatic heterocycles. The second-order valence-electron chi connectivity index (χ2n) is 6.76. The molecule has 0 unspecified atom stereocenters. The van der Waals surface area contributed by atoms with Crippen LogP contribution in [0.5, 0.6) is 0 Å². The van der Waals surface area contributed by atoms with Crippen LogP contribution in [0.1, 0.15) is 32.9 Å². The van der Waals surface area contributed by atoms with Crippen molar-refractivity contribution in [3.05, 3.63) is 27.0 Å². The molecule has 9 heteroatoms. The first-order chi connectivity index (χ1) is 11.1. The Morgan fingerprint density at radius 1 is 1.54 bits per heavy atom. The van der Waals surface area contributed by atoms with Crippen molar-refractivity contribution < 1.29 is 14.5 Å². The van der Waals surface area contributed by atoms with Crippen molar-refractivity contribution in [2.45, 2.75) is 45.8 Å². The number of carbonyl (C=O) groups is 1. The lowest BCUT2D eigenvalue weighted by molar-refractivity contribution is -0.384. The summed E-state index contributed by atoms with van der Waals surface area (Å²) in [6.45, 7) is 8.11. The molecule has 132 valence electrons. The number of hydrogen-bond acceptors (Lipinski definition) is 6. The Morgan fingerprint density at radius 3 is 2.79 bits per heavy atom. The standard InChI is InChI=1S/C15H21ClN4O4/c1-9-7-11(12(20(22)23)13(16)17-9)19-6-5-10(8-19)18-14(21)24-15(2,3)4/h7,10H,5-6,8H2,1-4H3,(H,18,21)/t10-/m1/s1. The van der Waals surface area contributed by atoms with Crippen LogP contribution in [0.25, 0.3) is 0 Å². The van der Waals surface area contributed by atoms with Crippen molar-refractivity contribution in [2.75, 3.05) is 18.0 Å². The summed E-state index contributed by atoms with van der Waals surface area (Å²) in [7, 11) is 0. The van der Waals surface area contributed by atoms with Gasteiger partial charge in [0.05, 0.1) is 11.0 Å². The molecule has 1 fully saturated rings. The van der Waals surface area contributed by atoms with Crippen LogP contribution in [0.3, 0.4) is 0 Å². The second kappa shape index (κ2) is 6.80. The second-order valence-corrected chi connectivity index (χ2v) is 7.12. The van der Waals surface area contributed by atoms with E-state index >= 15 is 0 Å². The molecule has 0 aliphatic carbocycles. The van der Waals surface area contributed by atoms with Gasteiger partial charge in [-0.25, -0.2) is 9.78 Å². The van der Waals surface area contributed by atoms with Crippen LogP contribution in [0.15, 0.2) is 6.07 Å². The van der Waals surface area contributed by atoms with Crippen LogP contribution < -0.4 is 10.2 Å². The molecule has 2 heterocycles. The zero-order valence-corrected chi connectivity index (χ0v) is 14.9. The topological polar surface area (TPSA) is 97.6 Å². The summed E-state index contributed by atoms with van der Waals surface area (Å²) in [5.74, 6) is 0. The summed E-state index contributed by atoms with van der Waals surface area (Å²) in [5.41, 5.74) is 0.243. The van der Waals surface area contributed by atoms with E-state index in [2.05, 4.69) is 10.3 Å². The number of aromatic nitrogens is 1. The molecule has 1 aromatic rings. The highest BCUT2D eigenvalue weighted by Gasteiger charge is 2.31. The third-order valence-corrected chi connectivity index (χ3v) is 3.75. The number of amides is 1. The average molecular weight is 357 g/mol. The SMILES string of the molecule is Cc1cc(N2CC[C@@H](NC(=O)OC(C)(C)C)C2)c([N+](=O)[O-])c(Cl)n1. The maximum Gasteiger partial charge on any atom is 0.407 e. The molecule has 1 atom stereocenters. The fourth-order valence-electron chi connectivity index (χ4n) is 2.59. The summed E-state index contributed by atoms with van der Waals surface area (Å²) in [6, 6.07) is 1.49. The van der Waals surface area contributed by atoms with E-state index in [4.69, 9.17) is 16.3 Å². The number of rotatable bonds is 3. The Hall–Kier alpha value is -2.09. The van der Waals surface area contributed by atoms with Crippen molar-refractivity contribution >= 4 is 29.1 Å². The van der Waals surface area contributed by atoms with Crippen molar-refractivity contribution in [1.29, 1.82) is 0 Å². The van der Waals surface area contributed by atoms with E-state index in [9.17, 15) is 14.9 Å². The number of carbonyl (C=O) groups excluding carboxylic acids is 1. The van der Waals surface area contributed by atoms with E-state index in [0.717, 1.165) is 0 Å². The molecule has 0 spiro atoms. The Kier molecular flexibility index (Phi) is 5.17. The Bertz CT molecular complexity index is 660. The largest absolute Gasteiger partial charge is 0.444 e. The molecule has 0 aromatic carbocycles. The maximum absolute atomic E-state index is 11.9. The number of anilines is 1. The normalized spacial score (nSPS) is 17.7. The van der Waals surface area contributed by atoms with Crippen molar-refractivity contribution in [3.8, 4) is 0 Å². The number of pyridine rings is 1. The molecule has 24 heavy (non-hydrogen) atoms. The number of nitro groups is 1. The highest BCUT2D eigenvalue weighted by molar-refractivity contribution is 6.32. The quantitative estimate of drug-likeness (QED) is 0.507. The van der Waals surface area contributed by atoms with Crippen LogP contribution in [0, 0.1) is 17.0 Å². The van der Waals surface area contributed by atoms with Gasteiger partial charge in [-0.15, -0.1) is 0 Å². The minimum absolute atomic E-state index is 0.126. The predicted molar refractivity (Wildman–Crippen MR) is 90.6 cm³/mol. The molecule has 1 aliphatic rings. The van der Waals surface area contributed by atoms with Gasteiger partial charge in [0.1, 0.15) is 11.3 Å². The summed E-state index contributed by atoms with van der Waals surface area (Å²) in [5, 5.41) is 14.0. The summed E-state index contributed by atoms with van der Waals surface area (Å²) in [4.78, 5) is 28.4. The molecular formula is C15H21ClN4O4. The molecule has 1 N–H and O–H groups in total. The smallest absolute Gasteiger partial charge is 0.407 e. The fraction of sp³-hybridized carbons (Fsp3) is 0.600. The third kappa shape index (κ3) is 4.47. The zero-order chi connectivity index (χ0) is 18.1. The molecule has 2 rings (SSSR count). The van der Waals surface area contributed by atoms with Crippen LogP contribution in [0.4, 0.5) is 16.2 Å². The predicted octanol–water partition coefficient (Wildman–Crippen LogP) is 3.06. The van der Waals surface area contributed by atoms with Crippen molar-refractivity contribution in [1.82, 2.24) is 10.3 Å². The van der Waals surface area contributed by atoms with E-state index in [-0.39, 0.29) is 16.9 Å². The average Bonchev–Trinajstić information content (AvgIpc) is 2.82. The lowest BCUT2D eigenvalue weighted by Crippen LogP contribution is -2.40. The van der Waals surface area contributed by atoms with Gasteiger partial charge in [0.15, 0.2) is 0 Å². The Labute approximate surface area is 145 Å². The van der Waals surface area contributed by atoms with Crippen LogP contribution in [-0.2, 0) is 4.74 Å². The molecule has 0 bridgehead atoms. The monoisotopic (exact) mass is 356 g/mol.